The zero-order valence-electron chi connectivity index (χ0n) is 7.21. The van der Waals surface area contributed by atoms with Crippen LogP contribution in [0.15, 0.2) is 19.3 Å². The maximum absolute atomic E-state index is 6.00. The van der Waals surface area contributed by atoms with E-state index in [0.717, 1.165) is 15.2 Å². The molecular weight excluding hydrogens is 302 g/mol. The summed E-state index contributed by atoms with van der Waals surface area (Å²) in [6.45, 7) is 1.84. The molecule has 13 heavy (non-hydrogen) atoms. The lowest BCUT2D eigenvalue weighted by Gasteiger charge is -2.36. The molecule has 0 aromatic heterocycles. The van der Waals surface area contributed by atoms with E-state index >= 15 is 0 Å². The topological polar surface area (TPSA) is 34.0 Å². The van der Waals surface area contributed by atoms with Gasteiger partial charge in [0.2, 0.25) is 0 Å². The van der Waals surface area contributed by atoms with Gasteiger partial charge in [-0.1, -0.05) is 11.6 Å². The second-order valence-corrected chi connectivity index (χ2v) is 4.50. The van der Waals surface area contributed by atoms with Crippen molar-refractivity contribution in [1.82, 2.24) is 0 Å². The molecule has 0 N–H and O–H groups in total. The van der Waals surface area contributed by atoms with Gasteiger partial charge in [-0.15, -0.1) is 0 Å². The Morgan fingerprint density at radius 2 is 2.23 bits per heavy atom. The standard InChI is InChI=1S/C8H8ClIN2O/c1-3-11-6-4(8(9)12-3)5(10)7(6)13-2/h4,6H,1-2H3. The predicted octanol–water partition coefficient (Wildman–Crippen LogP) is 2.35. The molecule has 1 aliphatic heterocycles. The first kappa shape index (κ1) is 9.45. The third kappa shape index (κ3) is 1.30. The first-order valence-corrected chi connectivity index (χ1v) is 5.33. The van der Waals surface area contributed by atoms with Gasteiger partial charge in [0.1, 0.15) is 22.8 Å². The van der Waals surface area contributed by atoms with Crippen molar-refractivity contribution < 1.29 is 4.74 Å². The van der Waals surface area contributed by atoms with Crippen molar-refractivity contribution in [3.05, 3.63) is 9.34 Å². The molecule has 3 nitrogen and oxygen atoms in total. The lowest BCUT2D eigenvalue weighted by Crippen LogP contribution is -2.40. The summed E-state index contributed by atoms with van der Waals surface area (Å²) in [4.78, 5) is 8.48. The van der Waals surface area contributed by atoms with E-state index in [2.05, 4.69) is 32.6 Å². The van der Waals surface area contributed by atoms with E-state index in [1.165, 1.54) is 0 Å². The van der Waals surface area contributed by atoms with Gasteiger partial charge >= 0.3 is 0 Å². The van der Waals surface area contributed by atoms with Gasteiger partial charge in [-0.25, -0.2) is 4.99 Å². The maximum atomic E-state index is 6.00. The van der Waals surface area contributed by atoms with Crippen LogP contribution in [0.3, 0.4) is 0 Å². The summed E-state index contributed by atoms with van der Waals surface area (Å²) in [5, 5.41) is 0.628. The highest BCUT2D eigenvalue weighted by atomic mass is 127. The second-order valence-electron chi connectivity index (χ2n) is 2.95. The van der Waals surface area contributed by atoms with E-state index in [1.54, 1.807) is 7.11 Å². The average Bonchev–Trinajstić information content (AvgIpc) is 2.03. The number of halogens is 2. The maximum Gasteiger partial charge on any atom is 0.131 e. The predicted molar refractivity (Wildman–Crippen MR) is 61.7 cm³/mol. The molecule has 0 saturated carbocycles. The molecule has 5 heteroatoms. The highest BCUT2D eigenvalue weighted by molar-refractivity contribution is 14.1. The van der Waals surface area contributed by atoms with Gasteiger partial charge in [-0.05, 0) is 29.5 Å². The number of hydrogen-bond acceptors (Lipinski definition) is 3. The Morgan fingerprint density at radius 1 is 1.54 bits per heavy atom. The molecule has 0 bridgehead atoms. The summed E-state index contributed by atoms with van der Waals surface area (Å²) in [5.74, 6) is 1.81. The van der Waals surface area contributed by atoms with Crippen molar-refractivity contribution in [2.75, 3.05) is 7.11 Å². The fraction of sp³-hybridized carbons (Fsp3) is 0.500. The molecule has 0 amide bonds. The molecule has 0 fully saturated rings. The largest absolute Gasteiger partial charge is 0.498 e. The van der Waals surface area contributed by atoms with Crippen LogP contribution in [-0.4, -0.2) is 24.2 Å². The zero-order valence-corrected chi connectivity index (χ0v) is 10.1. The van der Waals surface area contributed by atoms with Gasteiger partial charge in [-0.3, -0.25) is 4.99 Å². The van der Waals surface area contributed by atoms with Gasteiger partial charge in [-0.2, -0.15) is 0 Å². The fourth-order valence-corrected chi connectivity index (χ4v) is 3.24. The normalized spacial score (nSPS) is 31.7. The summed E-state index contributed by atoms with van der Waals surface area (Å²) in [6, 6.07) is 0.0712. The highest BCUT2D eigenvalue weighted by Crippen LogP contribution is 2.45. The SMILES string of the molecule is COC1=C(I)C2C(Cl)=NC(C)=NC12. The van der Waals surface area contributed by atoms with Crippen molar-refractivity contribution in [3.8, 4) is 0 Å². The molecule has 70 valence electrons. The van der Waals surface area contributed by atoms with Crippen molar-refractivity contribution in [2.24, 2.45) is 15.9 Å². The van der Waals surface area contributed by atoms with E-state index in [-0.39, 0.29) is 12.0 Å². The Bertz CT molecular complexity index is 348. The van der Waals surface area contributed by atoms with Crippen molar-refractivity contribution in [2.45, 2.75) is 13.0 Å². The lowest BCUT2D eigenvalue weighted by molar-refractivity contribution is 0.231. The minimum Gasteiger partial charge on any atom is -0.498 e. The van der Waals surface area contributed by atoms with E-state index in [0.29, 0.717) is 5.17 Å². The molecular formula is C8H8ClIN2O. The molecule has 0 spiro atoms. The Morgan fingerprint density at radius 3 is 2.85 bits per heavy atom. The van der Waals surface area contributed by atoms with E-state index < -0.39 is 0 Å². The average molecular weight is 311 g/mol. The van der Waals surface area contributed by atoms with Crippen molar-refractivity contribution in [1.29, 1.82) is 0 Å². The third-order valence-corrected chi connectivity index (χ3v) is 3.69. The number of hydrogen-bond donors (Lipinski definition) is 0. The van der Waals surface area contributed by atoms with Gasteiger partial charge in [0.25, 0.3) is 0 Å². The minimum atomic E-state index is 0.0712. The number of aliphatic imine (C=N–C) groups is 2. The Kier molecular flexibility index (Phi) is 2.35. The van der Waals surface area contributed by atoms with Crippen LogP contribution in [0.5, 0.6) is 0 Å². The number of methoxy groups -OCH3 is 1. The van der Waals surface area contributed by atoms with Crippen LogP contribution in [0, 0.1) is 5.92 Å². The first-order chi connectivity index (χ1) is 6.15. The Balaban J connectivity index is 2.38. The summed E-state index contributed by atoms with van der Waals surface area (Å²) < 4.78 is 6.34. The van der Waals surface area contributed by atoms with Gasteiger partial charge < -0.3 is 4.74 Å². The molecule has 2 unspecified atom stereocenters. The van der Waals surface area contributed by atoms with Crippen LogP contribution in [0.1, 0.15) is 6.92 Å². The van der Waals surface area contributed by atoms with Crippen LogP contribution in [0.4, 0.5) is 0 Å². The fourth-order valence-electron chi connectivity index (χ4n) is 1.53. The molecule has 0 aromatic carbocycles. The van der Waals surface area contributed by atoms with Gasteiger partial charge in [0.15, 0.2) is 0 Å². The molecule has 2 rings (SSSR count). The molecule has 2 atom stereocenters. The molecule has 1 heterocycles. The molecule has 0 aromatic rings. The lowest BCUT2D eigenvalue weighted by atomic mass is 9.87. The number of rotatable bonds is 1. The minimum absolute atomic E-state index is 0.0712. The number of amidine groups is 1. The van der Waals surface area contributed by atoms with Crippen molar-refractivity contribution in [3.63, 3.8) is 0 Å². The van der Waals surface area contributed by atoms with Gasteiger partial charge in [0, 0.05) is 3.58 Å². The number of nitrogens with zero attached hydrogens (tertiary/aromatic N) is 2. The van der Waals surface area contributed by atoms with Crippen LogP contribution < -0.4 is 0 Å². The van der Waals surface area contributed by atoms with Gasteiger partial charge in [0.05, 0.1) is 13.0 Å². The number of fused-ring (bicyclic) bond motifs is 1. The summed E-state index contributed by atoms with van der Waals surface area (Å²) in [6.07, 6.45) is 0. The summed E-state index contributed by atoms with van der Waals surface area (Å²) in [5.41, 5.74) is 0. The van der Waals surface area contributed by atoms with E-state index in [9.17, 15) is 0 Å². The van der Waals surface area contributed by atoms with Crippen LogP contribution in [0.25, 0.3) is 0 Å². The Hall–Kier alpha value is -0.100. The second kappa shape index (κ2) is 3.24. The highest BCUT2D eigenvalue weighted by Gasteiger charge is 2.45. The quantitative estimate of drug-likeness (QED) is 0.685. The molecule has 0 saturated heterocycles. The first-order valence-electron chi connectivity index (χ1n) is 3.87. The number of ether oxygens (including phenoxy) is 1. The zero-order chi connectivity index (χ0) is 9.59. The van der Waals surface area contributed by atoms with E-state index in [1.807, 2.05) is 6.92 Å². The van der Waals surface area contributed by atoms with Crippen LogP contribution in [-0.2, 0) is 4.74 Å². The van der Waals surface area contributed by atoms with Crippen LogP contribution >= 0.6 is 34.2 Å². The van der Waals surface area contributed by atoms with Crippen LogP contribution in [0.2, 0.25) is 0 Å². The molecule has 2 aliphatic rings. The summed E-state index contributed by atoms with van der Waals surface area (Å²) in [7, 11) is 1.66. The molecule has 0 radical (unpaired) electrons. The molecule has 1 aliphatic carbocycles. The smallest absolute Gasteiger partial charge is 0.131 e. The van der Waals surface area contributed by atoms with Crippen molar-refractivity contribution >= 4 is 45.2 Å². The Labute approximate surface area is 95.1 Å². The third-order valence-electron chi connectivity index (χ3n) is 2.16. The summed E-state index contributed by atoms with van der Waals surface area (Å²) >= 11 is 8.23. The van der Waals surface area contributed by atoms with E-state index in [4.69, 9.17) is 16.3 Å². The monoisotopic (exact) mass is 310 g/mol.